The van der Waals surface area contributed by atoms with Gasteiger partial charge in [-0.2, -0.15) is 0 Å². The molecule has 284 valence electrons. The zero-order valence-corrected chi connectivity index (χ0v) is 34.6. The molecule has 6 aromatic carbocycles. The van der Waals surface area contributed by atoms with Crippen LogP contribution in [0.15, 0.2) is 140 Å². The monoisotopic (exact) mass is 745 g/mol. The maximum absolute atomic E-state index is 12.4. The molecule has 0 atom stereocenters. The van der Waals surface area contributed by atoms with Crippen molar-refractivity contribution < 1.29 is 5.11 Å². The highest BCUT2D eigenvalue weighted by molar-refractivity contribution is 5.98. The highest BCUT2D eigenvalue weighted by Crippen LogP contribution is 2.46. The standard InChI is InChI=1S/C53H51N3O/c1-33-26-34(2)48(35(3)27-33)39-29-37(28-38(30-39)45-22-15-16-25-54-45)42-21-17-24-47-49(42)55-51(43-31-40(52(4,5)6)32-44(50(43)57)53(7,8)9)56(47)46-23-14-13-20-41(46)36-18-11-10-12-19-36/h10-32,57H,1-9H3. The number of imidazole rings is 1. The largest absolute Gasteiger partial charge is 0.507 e. The average Bonchev–Trinajstić information content (AvgIpc) is 3.57. The second-order valence-electron chi connectivity index (χ2n) is 17.5. The lowest BCUT2D eigenvalue weighted by Crippen LogP contribution is -2.17. The Morgan fingerprint density at radius 2 is 1.19 bits per heavy atom. The van der Waals surface area contributed by atoms with Crippen LogP contribution in [-0.4, -0.2) is 19.6 Å². The Morgan fingerprint density at radius 3 is 1.88 bits per heavy atom. The molecule has 2 aromatic heterocycles. The van der Waals surface area contributed by atoms with E-state index in [0.717, 1.165) is 66.9 Å². The SMILES string of the molecule is Cc1cc(C)c(-c2cc(-c3ccccn3)cc(-c3cccc4c3nc(-c3cc(C(C)(C)C)cc(C(C)(C)C)c3O)n4-c3ccccc3-c3ccccc3)c2)c(C)c1. The van der Waals surface area contributed by atoms with Crippen LogP contribution in [0.2, 0.25) is 0 Å². The van der Waals surface area contributed by atoms with Crippen molar-refractivity contribution >= 4 is 11.0 Å². The van der Waals surface area contributed by atoms with E-state index in [-0.39, 0.29) is 16.6 Å². The number of hydrogen-bond donors (Lipinski definition) is 1. The molecule has 0 spiro atoms. The van der Waals surface area contributed by atoms with Crippen LogP contribution in [0.5, 0.6) is 5.75 Å². The number of pyridine rings is 1. The number of rotatable bonds is 6. The molecule has 0 radical (unpaired) electrons. The van der Waals surface area contributed by atoms with E-state index in [2.05, 4.69) is 182 Å². The second-order valence-corrected chi connectivity index (χ2v) is 17.5. The zero-order valence-electron chi connectivity index (χ0n) is 34.6. The van der Waals surface area contributed by atoms with E-state index in [4.69, 9.17) is 9.97 Å². The lowest BCUT2D eigenvalue weighted by atomic mass is 9.79. The summed E-state index contributed by atoms with van der Waals surface area (Å²) in [6.07, 6.45) is 1.85. The first-order valence-electron chi connectivity index (χ1n) is 19.9. The molecule has 0 fully saturated rings. The van der Waals surface area contributed by atoms with Crippen LogP contribution >= 0.6 is 0 Å². The van der Waals surface area contributed by atoms with Crippen molar-refractivity contribution in [3.05, 3.63) is 167 Å². The van der Waals surface area contributed by atoms with Crippen molar-refractivity contribution in [1.82, 2.24) is 14.5 Å². The normalized spacial score (nSPS) is 12.0. The van der Waals surface area contributed by atoms with Crippen LogP contribution in [-0.2, 0) is 10.8 Å². The van der Waals surface area contributed by atoms with E-state index in [0.29, 0.717) is 11.4 Å². The molecule has 0 saturated heterocycles. The Balaban J connectivity index is 1.48. The quantitative estimate of drug-likeness (QED) is 0.184. The second kappa shape index (κ2) is 14.4. The van der Waals surface area contributed by atoms with Gasteiger partial charge in [0.05, 0.1) is 28.0 Å². The predicted octanol–water partition coefficient (Wildman–Crippen LogP) is 14.0. The Labute approximate surface area is 337 Å². The van der Waals surface area contributed by atoms with Crippen molar-refractivity contribution in [2.75, 3.05) is 0 Å². The number of phenolic OH excluding ortho intramolecular Hbond substituents is 1. The summed E-state index contributed by atoms with van der Waals surface area (Å²) in [5.74, 6) is 0.955. The first-order valence-corrected chi connectivity index (χ1v) is 19.9. The van der Waals surface area contributed by atoms with Gasteiger partial charge in [-0.1, -0.05) is 132 Å². The molecule has 0 amide bonds. The molecule has 2 heterocycles. The van der Waals surface area contributed by atoms with Crippen molar-refractivity contribution in [1.29, 1.82) is 0 Å². The fourth-order valence-corrected chi connectivity index (χ4v) is 8.34. The lowest BCUT2D eigenvalue weighted by molar-refractivity contribution is 0.446. The molecular weight excluding hydrogens is 695 g/mol. The molecule has 0 unspecified atom stereocenters. The Bertz CT molecular complexity index is 2760. The molecular formula is C53H51N3O. The van der Waals surface area contributed by atoms with Crippen LogP contribution in [0.4, 0.5) is 0 Å². The van der Waals surface area contributed by atoms with Crippen molar-refractivity contribution in [3.8, 4) is 67.5 Å². The van der Waals surface area contributed by atoms with Crippen LogP contribution < -0.4 is 0 Å². The maximum atomic E-state index is 12.4. The van der Waals surface area contributed by atoms with Crippen molar-refractivity contribution in [2.24, 2.45) is 0 Å². The third-order valence-electron chi connectivity index (χ3n) is 11.1. The summed E-state index contributed by atoms with van der Waals surface area (Å²) < 4.78 is 2.26. The topological polar surface area (TPSA) is 50.9 Å². The van der Waals surface area contributed by atoms with E-state index < -0.39 is 0 Å². The van der Waals surface area contributed by atoms with Gasteiger partial charge in [0.25, 0.3) is 0 Å². The smallest absolute Gasteiger partial charge is 0.149 e. The average molecular weight is 746 g/mol. The van der Waals surface area contributed by atoms with Gasteiger partial charge < -0.3 is 5.11 Å². The summed E-state index contributed by atoms with van der Waals surface area (Å²) in [5.41, 5.74) is 17.4. The third-order valence-corrected chi connectivity index (χ3v) is 11.1. The van der Waals surface area contributed by atoms with Gasteiger partial charge in [-0.05, 0) is 119 Å². The summed E-state index contributed by atoms with van der Waals surface area (Å²) in [7, 11) is 0. The minimum Gasteiger partial charge on any atom is -0.507 e. The highest BCUT2D eigenvalue weighted by Gasteiger charge is 2.29. The molecule has 4 heteroatoms. The fraction of sp³-hybridized carbons (Fsp3) is 0.208. The summed E-state index contributed by atoms with van der Waals surface area (Å²) >= 11 is 0. The van der Waals surface area contributed by atoms with Gasteiger partial charge in [0.2, 0.25) is 0 Å². The van der Waals surface area contributed by atoms with Gasteiger partial charge in [0.15, 0.2) is 0 Å². The van der Waals surface area contributed by atoms with Crippen molar-refractivity contribution in [2.45, 2.75) is 73.1 Å². The highest BCUT2D eigenvalue weighted by atomic mass is 16.3. The summed E-state index contributed by atoms with van der Waals surface area (Å²) in [6.45, 7) is 19.7. The van der Waals surface area contributed by atoms with E-state index in [1.807, 2.05) is 24.4 Å². The number of nitrogens with zero attached hydrogens (tertiary/aromatic N) is 3. The first kappa shape index (κ1) is 37.7. The number of aromatic hydroxyl groups is 1. The minimum atomic E-state index is -0.307. The number of aromatic nitrogens is 3. The van der Waals surface area contributed by atoms with Gasteiger partial charge in [-0.15, -0.1) is 0 Å². The predicted molar refractivity (Wildman–Crippen MR) is 239 cm³/mol. The Kier molecular flexibility index (Phi) is 9.48. The maximum Gasteiger partial charge on any atom is 0.149 e. The zero-order chi connectivity index (χ0) is 40.2. The van der Waals surface area contributed by atoms with Crippen LogP contribution in [0.1, 0.15) is 69.4 Å². The van der Waals surface area contributed by atoms with E-state index in [1.165, 1.54) is 22.3 Å². The molecule has 8 rings (SSSR count). The van der Waals surface area contributed by atoms with Gasteiger partial charge in [0.1, 0.15) is 11.6 Å². The van der Waals surface area contributed by atoms with Crippen LogP contribution in [0.25, 0.3) is 72.7 Å². The first-order chi connectivity index (χ1) is 27.2. The molecule has 0 aliphatic carbocycles. The molecule has 0 aliphatic rings. The van der Waals surface area contributed by atoms with Crippen molar-refractivity contribution in [3.63, 3.8) is 0 Å². The molecule has 0 saturated carbocycles. The number of phenols is 1. The summed E-state index contributed by atoms with van der Waals surface area (Å²) in [6, 6.07) is 47.2. The number of aryl methyl sites for hydroxylation is 3. The Morgan fingerprint density at radius 1 is 0.544 bits per heavy atom. The lowest BCUT2D eigenvalue weighted by Gasteiger charge is -2.27. The van der Waals surface area contributed by atoms with E-state index in [1.54, 1.807) is 0 Å². The van der Waals surface area contributed by atoms with E-state index >= 15 is 0 Å². The van der Waals surface area contributed by atoms with Gasteiger partial charge in [0, 0.05) is 28.5 Å². The van der Waals surface area contributed by atoms with Gasteiger partial charge in [-0.3, -0.25) is 9.55 Å². The fourth-order valence-electron chi connectivity index (χ4n) is 8.34. The molecule has 0 aliphatic heterocycles. The minimum absolute atomic E-state index is 0.166. The molecule has 8 aromatic rings. The number of benzene rings is 6. The van der Waals surface area contributed by atoms with Gasteiger partial charge >= 0.3 is 0 Å². The third kappa shape index (κ3) is 7.06. The molecule has 57 heavy (non-hydrogen) atoms. The van der Waals surface area contributed by atoms with E-state index in [9.17, 15) is 5.11 Å². The van der Waals surface area contributed by atoms with Gasteiger partial charge in [-0.25, -0.2) is 4.98 Å². The van der Waals surface area contributed by atoms with Crippen LogP contribution in [0, 0.1) is 20.8 Å². The number of para-hydroxylation sites is 2. The molecule has 4 nitrogen and oxygen atoms in total. The summed E-state index contributed by atoms with van der Waals surface area (Å²) in [5, 5.41) is 12.4. The number of hydrogen-bond acceptors (Lipinski definition) is 3. The summed E-state index contributed by atoms with van der Waals surface area (Å²) in [4.78, 5) is 10.4. The van der Waals surface area contributed by atoms with Crippen LogP contribution in [0.3, 0.4) is 0 Å². The molecule has 1 N–H and O–H groups in total. The number of fused-ring (bicyclic) bond motifs is 1. The Hall–Kier alpha value is -6.26. The molecule has 0 bridgehead atoms.